The number of benzene rings is 2. The summed E-state index contributed by atoms with van der Waals surface area (Å²) in [6, 6.07) is 16.1. The van der Waals surface area contributed by atoms with Crippen LogP contribution in [0.2, 0.25) is 0 Å². The summed E-state index contributed by atoms with van der Waals surface area (Å²) in [6.07, 6.45) is 2.32. The molecule has 0 unspecified atom stereocenters. The van der Waals surface area contributed by atoms with Gasteiger partial charge in [0.2, 0.25) is 10.0 Å². The lowest BCUT2D eigenvalue weighted by Crippen LogP contribution is -2.26. The molecule has 1 aromatic heterocycles. The normalized spacial score (nSPS) is 11.5. The highest BCUT2D eigenvalue weighted by Gasteiger charge is 2.13. The topological polar surface area (TPSA) is 68.3 Å². The second-order valence-corrected chi connectivity index (χ2v) is 7.08. The highest BCUT2D eigenvalue weighted by Crippen LogP contribution is 2.17. The van der Waals surface area contributed by atoms with Crippen LogP contribution in [0, 0.1) is 0 Å². The van der Waals surface area contributed by atoms with E-state index in [0.717, 1.165) is 16.5 Å². The van der Waals surface area contributed by atoms with Gasteiger partial charge in [0.25, 0.3) is 0 Å². The lowest BCUT2D eigenvalue weighted by Gasteiger charge is -2.09. The highest BCUT2D eigenvalue weighted by atomic mass is 32.2. The molecule has 0 amide bonds. The maximum atomic E-state index is 12.3. The van der Waals surface area contributed by atoms with Gasteiger partial charge in [0.1, 0.15) is 5.75 Å². The quantitative estimate of drug-likeness (QED) is 0.748. The molecule has 3 aromatic rings. The molecule has 0 radical (unpaired) electrons. The third kappa shape index (κ3) is 3.55. The van der Waals surface area contributed by atoms with E-state index in [4.69, 9.17) is 4.74 Å². The number of nitrogens with one attached hydrogen (secondary N) is 1. The molecule has 0 spiro atoms. The second-order valence-electron chi connectivity index (χ2n) is 5.32. The average molecular weight is 342 g/mol. The zero-order valence-corrected chi connectivity index (χ0v) is 14.1. The molecule has 1 heterocycles. The predicted octanol–water partition coefficient (Wildman–Crippen LogP) is 2.76. The van der Waals surface area contributed by atoms with Gasteiger partial charge in [0, 0.05) is 18.1 Å². The lowest BCUT2D eigenvalue weighted by molar-refractivity contribution is 0.414. The molecule has 5 nitrogen and oxygen atoms in total. The molecule has 0 atom stereocenters. The van der Waals surface area contributed by atoms with Crippen LogP contribution in [0.5, 0.6) is 5.75 Å². The van der Waals surface area contributed by atoms with E-state index < -0.39 is 10.0 Å². The van der Waals surface area contributed by atoms with Crippen molar-refractivity contribution in [2.75, 3.05) is 13.7 Å². The first kappa shape index (κ1) is 16.4. The Kier molecular flexibility index (Phi) is 4.78. The summed E-state index contributed by atoms with van der Waals surface area (Å²) in [5.74, 6) is 0.621. The molecule has 0 bridgehead atoms. The van der Waals surface area contributed by atoms with Crippen LogP contribution in [0.1, 0.15) is 5.56 Å². The molecule has 0 fully saturated rings. The first-order valence-electron chi connectivity index (χ1n) is 7.56. The molecular weight excluding hydrogens is 324 g/mol. The summed E-state index contributed by atoms with van der Waals surface area (Å²) < 4.78 is 32.3. The summed E-state index contributed by atoms with van der Waals surface area (Å²) in [7, 11) is -1.99. The van der Waals surface area contributed by atoms with Crippen LogP contribution < -0.4 is 9.46 Å². The van der Waals surface area contributed by atoms with E-state index in [1.807, 2.05) is 30.3 Å². The van der Waals surface area contributed by atoms with Crippen molar-refractivity contribution in [3.05, 3.63) is 66.4 Å². The highest BCUT2D eigenvalue weighted by molar-refractivity contribution is 7.89. The fourth-order valence-corrected chi connectivity index (χ4v) is 3.56. The van der Waals surface area contributed by atoms with Crippen LogP contribution in [0.25, 0.3) is 10.9 Å². The van der Waals surface area contributed by atoms with Gasteiger partial charge in [-0.1, -0.05) is 24.3 Å². The Morgan fingerprint density at radius 3 is 2.54 bits per heavy atom. The van der Waals surface area contributed by atoms with E-state index >= 15 is 0 Å². The van der Waals surface area contributed by atoms with Crippen molar-refractivity contribution in [2.24, 2.45) is 0 Å². The van der Waals surface area contributed by atoms with Crippen molar-refractivity contribution in [1.29, 1.82) is 0 Å². The third-order valence-electron chi connectivity index (χ3n) is 3.77. The van der Waals surface area contributed by atoms with Crippen LogP contribution in [0.3, 0.4) is 0 Å². The van der Waals surface area contributed by atoms with Crippen molar-refractivity contribution >= 4 is 20.9 Å². The van der Waals surface area contributed by atoms with Gasteiger partial charge < -0.3 is 4.74 Å². The second kappa shape index (κ2) is 6.98. The Morgan fingerprint density at radius 1 is 1.04 bits per heavy atom. The SMILES string of the molecule is COc1ccc(S(=O)(=O)NCCc2cccc3cccnc23)cc1. The third-order valence-corrected chi connectivity index (χ3v) is 5.25. The van der Waals surface area contributed by atoms with Gasteiger partial charge >= 0.3 is 0 Å². The molecule has 0 aliphatic heterocycles. The maximum absolute atomic E-state index is 12.3. The first-order valence-corrected chi connectivity index (χ1v) is 9.05. The monoisotopic (exact) mass is 342 g/mol. The number of nitrogens with zero attached hydrogens (tertiary/aromatic N) is 1. The minimum absolute atomic E-state index is 0.222. The van der Waals surface area contributed by atoms with Crippen molar-refractivity contribution in [3.8, 4) is 5.75 Å². The van der Waals surface area contributed by atoms with E-state index in [-0.39, 0.29) is 4.90 Å². The van der Waals surface area contributed by atoms with E-state index in [9.17, 15) is 8.42 Å². The minimum Gasteiger partial charge on any atom is -0.497 e. The number of rotatable bonds is 6. The van der Waals surface area contributed by atoms with Gasteiger partial charge in [-0.3, -0.25) is 4.98 Å². The number of fused-ring (bicyclic) bond motifs is 1. The molecule has 1 N–H and O–H groups in total. The summed E-state index contributed by atoms with van der Waals surface area (Å²) in [5.41, 5.74) is 1.93. The zero-order chi connectivity index (χ0) is 17.0. The number of methoxy groups -OCH3 is 1. The minimum atomic E-state index is -3.53. The Labute approximate surface area is 141 Å². The van der Waals surface area contributed by atoms with Crippen LogP contribution in [-0.2, 0) is 16.4 Å². The molecule has 6 heteroatoms. The number of ether oxygens (including phenoxy) is 1. The molecule has 3 rings (SSSR count). The fraction of sp³-hybridized carbons (Fsp3) is 0.167. The summed E-state index contributed by atoms with van der Waals surface area (Å²) >= 11 is 0. The number of hydrogen-bond acceptors (Lipinski definition) is 4. The Balaban J connectivity index is 1.70. The number of para-hydroxylation sites is 1. The number of pyridine rings is 1. The maximum Gasteiger partial charge on any atom is 0.240 e. The largest absolute Gasteiger partial charge is 0.497 e. The van der Waals surface area contributed by atoms with Gasteiger partial charge in [-0.2, -0.15) is 0 Å². The first-order chi connectivity index (χ1) is 11.6. The Bertz CT molecular complexity index is 933. The predicted molar refractivity (Wildman–Crippen MR) is 93.6 cm³/mol. The number of hydrogen-bond donors (Lipinski definition) is 1. The van der Waals surface area contributed by atoms with E-state index in [1.165, 1.54) is 12.1 Å². The van der Waals surface area contributed by atoms with Crippen LogP contribution in [0.4, 0.5) is 0 Å². The van der Waals surface area contributed by atoms with Crippen molar-refractivity contribution in [2.45, 2.75) is 11.3 Å². The van der Waals surface area contributed by atoms with Crippen molar-refractivity contribution in [1.82, 2.24) is 9.71 Å². The van der Waals surface area contributed by atoms with Crippen molar-refractivity contribution in [3.63, 3.8) is 0 Å². The van der Waals surface area contributed by atoms with Crippen LogP contribution in [0.15, 0.2) is 65.7 Å². The summed E-state index contributed by atoms with van der Waals surface area (Å²) in [6.45, 7) is 0.310. The molecule has 24 heavy (non-hydrogen) atoms. The fourth-order valence-electron chi connectivity index (χ4n) is 2.53. The van der Waals surface area contributed by atoms with Gasteiger partial charge in [-0.05, 0) is 42.3 Å². The molecule has 0 saturated carbocycles. The van der Waals surface area contributed by atoms with E-state index in [1.54, 1.807) is 25.4 Å². The van der Waals surface area contributed by atoms with E-state index in [0.29, 0.717) is 18.7 Å². The van der Waals surface area contributed by atoms with Crippen LogP contribution in [-0.4, -0.2) is 27.1 Å². The molecule has 124 valence electrons. The zero-order valence-electron chi connectivity index (χ0n) is 13.3. The van der Waals surface area contributed by atoms with Gasteiger partial charge in [-0.15, -0.1) is 0 Å². The Morgan fingerprint density at radius 2 is 1.79 bits per heavy atom. The standard InChI is InChI=1S/C18H18N2O3S/c1-23-16-7-9-17(10-8-16)24(21,22)20-13-11-15-5-2-4-14-6-3-12-19-18(14)15/h2-10,12,20H,11,13H2,1H3. The lowest BCUT2D eigenvalue weighted by atomic mass is 10.1. The van der Waals surface area contributed by atoms with Crippen LogP contribution >= 0.6 is 0 Å². The molecular formula is C18H18N2O3S. The molecule has 0 saturated heterocycles. The summed E-state index contributed by atoms with van der Waals surface area (Å²) in [4.78, 5) is 4.60. The summed E-state index contributed by atoms with van der Waals surface area (Å²) in [5, 5.41) is 1.05. The number of aromatic nitrogens is 1. The average Bonchev–Trinajstić information content (AvgIpc) is 2.62. The molecule has 2 aromatic carbocycles. The van der Waals surface area contributed by atoms with E-state index in [2.05, 4.69) is 9.71 Å². The molecule has 0 aliphatic carbocycles. The smallest absolute Gasteiger partial charge is 0.240 e. The Hall–Kier alpha value is -2.44. The van der Waals surface area contributed by atoms with Gasteiger partial charge in [-0.25, -0.2) is 13.1 Å². The van der Waals surface area contributed by atoms with Crippen molar-refractivity contribution < 1.29 is 13.2 Å². The molecule has 0 aliphatic rings. The van der Waals surface area contributed by atoms with Gasteiger partial charge in [0.15, 0.2) is 0 Å². The number of sulfonamides is 1. The van der Waals surface area contributed by atoms with Gasteiger partial charge in [0.05, 0.1) is 17.5 Å².